The number of fused-ring (bicyclic) bond motifs is 1. The summed E-state index contributed by atoms with van der Waals surface area (Å²) in [6, 6.07) is 10.0. The van der Waals surface area contributed by atoms with Crippen molar-refractivity contribution in [2.75, 3.05) is 0 Å². The van der Waals surface area contributed by atoms with Crippen LogP contribution in [0.15, 0.2) is 30.5 Å². The smallest absolute Gasteiger partial charge is 0.240 e. The molecule has 3 rings (SSSR count). The fourth-order valence-corrected chi connectivity index (χ4v) is 2.96. The first-order valence-corrected chi connectivity index (χ1v) is 7.05. The van der Waals surface area contributed by atoms with E-state index in [-0.39, 0.29) is 5.91 Å². The van der Waals surface area contributed by atoms with Crippen molar-refractivity contribution >= 4 is 16.8 Å². The van der Waals surface area contributed by atoms with E-state index in [1.165, 1.54) is 12.8 Å². The number of aromatic nitrogens is 1. The van der Waals surface area contributed by atoms with Gasteiger partial charge in [0.2, 0.25) is 5.91 Å². The molecule has 4 heteroatoms. The highest BCUT2D eigenvalue weighted by Gasteiger charge is 2.17. The Labute approximate surface area is 118 Å². The van der Waals surface area contributed by atoms with Gasteiger partial charge in [-0.1, -0.05) is 18.9 Å². The van der Waals surface area contributed by atoms with Gasteiger partial charge in [0.15, 0.2) is 0 Å². The Hall–Kier alpha value is -2.28. The minimum Gasteiger partial charge on any atom is -0.352 e. The molecule has 0 unspecified atom stereocenters. The van der Waals surface area contributed by atoms with E-state index < -0.39 is 0 Å². The maximum atomic E-state index is 12.1. The molecule has 1 aromatic heterocycles. The van der Waals surface area contributed by atoms with Crippen molar-refractivity contribution < 1.29 is 4.79 Å². The fourth-order valence-electron chi connectivity index (χ4n) is 2.96. The van der Waals surface area contributed by atoms with Gasteiger partial charge in [-0.15, -0.1) is 0 Å². The van der Waals surface area contributed by atoms with Gasteiger partial charge in [0.05, 0.1) is 11.6 Å². The molecular weight excluding hydrogens is 250 g/mol. The molecule has 1 aliphatic rings. The Bertz CT molecular complexity index is 675. The van der Waals surface area contributed by atoms with Crippen LogP contribution in [0, 0.1) is 11.3 Å². The number of carbonyl (C=O) groups excluding carboxylic acids is 1. The second-order valence-corrected chi connectivity index (χ2v) is 5.34. The van der Waals surface area contributed by atoms with Gasteiger partial charge in [-0.25, -0.2) is 0 Å². The molecule has 1 aromatic carbocycles. The Morgan fingerprint density at radius 2 is 2.15 bits per heavy atom. The summed E-state index contributed by atoms with van der Waals surface area (Å²) in [6.45, 7) is 0.314. The molecule has 1 amide bonds. The van der Waals surface area contributed by atoms with Crippen molar-refractivity contribution in [1.29, 1.82) is 5.26 Å². The topological polar surface area (TPSA) is 57.8 Å². The average molecular weight is 267 g/mol. The lowest BCUT2D eigenvalue weighted by molar-refractivity contribution is -0.122. The van der Waals surface area contributed by atoms with Crippen molar-refractivity contribution in [3.63, 3.8) is 0 Å². The van der Waals surface area contributed by atoms with E-state index in [1.807, 2.05) is 29.0 Å². The summed E-state index contributed by atoms with van der Waals surface area (Å²) in [5.74, 6) is 0.0526. The van der Waals surface area contributed by atoms with Crippen LogP contribution < -0.4 is 5.32 Å². The predicted molar refractivity (Wildman–Crippen MR) is 77.1 cm³/mol. The van der Waals surface area contributed by atoms with E-state index in [1.54, 1.807) is 6.07 Å². The summed E-state index contributed by atoms with van der Waals surface area (Å²) in [7, 11) is 0. The number of amides is 1. The van der Waals surface area contributed by atoms with Crippen molar-refractivity contribution in [3.8, 4) is 6.07 Å². The van der Waals surface area contributed by atoms with Gasteiger partial charge in [-0.05, 0) is 31.0 Å². The lowest BCUT2D eigenvalue weighted by Crippen LogP contribution is -2.35. The lowest BCUT2D eigenvalue weighted by atomic mass is 10.1. The number of nitrogens with one attached hydrogen (secondary N) is 1. The standard InChI is InChI=1S/C16H17N3O/c17-10-12-4-3-7-15-14(12)8-9-19(15)11-16(20)18-13-5-1-2-6-13/h3-4,7-9,13H,1-2,5-6,11H2,(H,18,20). The summed E-state index contributed by atoms with van der Waals surface area (Å²) in [5, 5.41) is 13.1. The zero-order valence-electron chi connectivity index (χ0n) is 11.3. The van der Waals surface area contributed by atoms with E-state index >= 15 is 0 Å². The Kier molecular flexibility index (Phi) is 3.42. The Morgan fingerprint density at radius 1 is 1.35 bits per heavy atom. The third-order valence-corrected chi connectivity index (χ3v) is 3.97. The van der Waals surface area contributed by atoms with Crippen LogP contribution in [0.3, 0.4) is 0 Å². The summed E-state index contributed by atoms with van der Waals surface area (Å²) in [6.07, 6.45) is 6.49. The first-order valence-electron chi connectivity index (χ1n) is 7.05. The molecule has 0 spiro atoms. The van der Waals surface area contributed by atoms with Crippen LogP contribution >= 0.6 is 0 Å². The molecule has 0 bridgehead atoms. The lowest BCUT2D eigenvalue weighted by Gasteiger charge is -2.12. The average Bonchev–Trinajstić information content (AvgIpc) is 3.09. The quantitative estimate of drug-likeness (QED) is 0.929. The van der Waals surface area contributed by atoms with Gasteiger partial charge < -0.3 is 9.88 Å². The number of hydrogen-bond acceptors (Lipinski definition) is 2. The normalized spacial score (nSPS) is 15.3. The maximum Gasteiger partial charge on any atom is 0.240 e. The van der Waals surface area contributed by atoms with E-state index in [2.05, 4.69) is 11.4 Å². The molecular formula is C16H17N3O. The molecule has 102 valence electrons. The molecule has 2 aromatic rings. The zero-order valence-corrected chi connectivity index (χ0v) is 11.3. The minimum atomic E-state index is 0.0526. The monoisotopic (exact) mass is 267 g/mol. The van der Waals surface area contributed by atoms with Crippen molar-refractivity contribution in [1.82, 2.24) is 9.88 Å². The zero-order chi connectivity index (χ0) is 13.9. The molecule has 1 saturated carbocycles. The summed E-state index contributed by atoms with van der Waals surface area (Å²) in [4.78, 5) is 12.1. The van der Waals surface area contributed by atoms with Gasteiger partial charge in [-0.3, -0.25) is 4.79 Å². The fraction of sp³-hybridized carbons (Fsp3) is 0.375. The van der Waals surface area contributed by atoms with Gasteiger partial charge in [0.25, 0.3) is 0 Å². The first-order chi connectivity index (χ1) is 9.78. The predicted octanol–water partition coefficient (Wildman–Crippen LogP) is 2.57. The van der Waals surface area contributed by atoms with E-state index in [0.717, 1.165) is 23.7 Å². The molecule has 1 aliphatic carbocycles. The van der Waals surface area contributed by atoms with Gasteiger partial charge in [0, 0.05) is 23.1 Å². The highest BCUT2D eigenvalue weighted by atomic mass is 16.2. The Morgan fingerprint density at radius 3 is 2.90 bits per heavy atom. The molecule has 0 aliphatic heterocycles. The molecule has 1 fully saturated rings. The van der Waals surface area contributed by atoms with Crippen LogP contribution in [0.5, 0.6) is 0 Å². The second kappa shape index (κ2) is 5.38. The number of rotatable bonds is 3. The number of nitrogens with zero attached hydrogens (tertiary/aromatic N) is 2. The Balaban J connectivity index is 1.77. The van der Waals surface area contributed by atoms with Crippen LogP contribution in [-0.2, 0) is 11.3 Å². The number of nitriles is 1. The van der Waals surface area contributed by atoms with Gasteiger partial charge >= 0.3 is 0 Å². The SMILES string of the molecule is N#Cc1cccc2c1ccn2CC(=O)NC1CCCC1. The summed E-state index contributed by atoms with van der Waals surface area (Å²) < 4.78 is 1.90. The van der Waals surface area contributed by atoms with E-state index in [0.29, 0.717) is 18.2 Å². The minimum absolute atomic E-state index is 0.0526. The molecule has 0 radical (unpaired) electrons. The molecule has 1 heterocycles. The highest BCUT2D eigenvalue weighted by Crippen LogP contribution is 2.20. The largest absolute Gasteiger partial charge is 0.352 e. The molecule has 4 nitrogen and oxygen atoms in total. The summed E-state index contributed by atoms with van der Waals surface area (Å²) in [5.41, 5.74) is 1.59. The second-order valence-electron chi connectivity index (χ2n) is 5.34. The van der Waals surface area contributed by atoms with Crippen molar-refractivity contribution in [2.24, 2.45) is 0 Å². The van der Waals surface area contributed by atoms with Crippen LogP contribution in [0.1, 0.15) is 31.2 Å². The van der Waals surface area contributed by atoms with Crippen molar-refractivity contribution in [2.45, 2.75) is 38.3 Å². The number of hydrogen-bond donors (Lipinski definition) is 1. The van der Waals surface area contributed by atoms with E-state index in [4.69, 9.17) is 5.26 Å². The first kappa shape index (κ1) is 12.7. The van der Waals surface area contributed by atoms with Crippen LogP contribution in [-0.4, -0.2) is 16.5 Å². The van der Waals surface area contributed by atoms with Crippen LogP contribution in [0.2, 0.25) is 0 Å². The van der Waals surface area contributed by atoms with Gasteiger partial charge in [0.1, 0.15) is 6.54 Å². The van der Waals surface area contributed by atoms with Gasteiger partial charge in [-0.2, -0.15) is 5.26 Å². The van der Waals surface area contributed by atoms with Crippen LogP contribution in [0.25, 0.3) is 10.9 Å². The highest BCUT2D eigenvalue weighted by molar-refractivity contribution is 5.87. The maximum absolute atomic E-state index is 12.1. The third-order valence-electron chi connectivity index (χ3n) is 3.97. The van der Waals surface area contributed by atoms with Crippen molar-refractivity contribution in [3.05, 3.63) is 36.0 Å². The molecule has 20 heavy (non-hydrogen) atoms. The van der Waals surface area contributed by atoms with E-state index in [9.17, 15) is 4.79 Å². The molecule has 0 atom stereocenters. The molecule has 0 saturated heterocycles. The summed E-state index contributed by atoms with van der Waals surface area (Å²) >= 11 is 0. The number of carbonyl (C=O) groups is 1. The number of benzene rings is 1. The molecule has 1 N–H and O–H groups in total. The third kappa shape index (κ3) is 2.39. The van der Waals surface area contributed by atoms with Crippen LogP contribution in [0.4, 0.5) is 0 Å².